The van der Waals surface area contributed by atoms with E-state index in [0.29, 0.717) is 0 Å². The highest BCUT2D eigenvalue weighted by Crippen LogP contribution is 2.14. The topological polar surface area (TPSA) is 63.5 Å². The van der Waals surface area contributed by atoms with Gasteiger partial charge in [0, 0.05) is 32.4 Å². The molecule has 0 saturated carbocycles. The van der Waals surface area contributed by atoms with E-state index in [-0.39, 0.29) is 30.0 Å². The third-order valence-electron chi connectivity index (χ3n) is 4.93. The Morgan fingerprint density at radius 2 is 1.86 bits per heavy atom. The van der Waals surface area contributed by atoms with Crippen molar-refractivity contribution in [3.8, 4) is 5.75 Å². The molecule has 0 aliphatic rings. The van der Waals surface area contributed by atoms with Gasteiger partial charge in [-0.05, 0) is 64.7 Å². The second-order valence-corrected chi connectivity index (χ2v) is 7.39. The van der Waals surface area contributed by atoms with Gasteiger partial charge >= 0.3 is 0 Å². The van der Waals surface area contributed by atoms with Gasteiger partial charge in [0.15, 0.2) is 5.96 Å². The van der Waals surface area contributed by atoms with Crippen molar-refractivity contribution < 1.29 is 4.74 Å². The van der Waals surface area contributed by atoms with Crippen molar-refractivity contribution in [2.75, 3.05) is 20.2 Å². The van der Waals surface area contributed by atoms with E-state index in [1.807, 2.05) is 30.9 Å². The summed E-state index contributed by atoms with van der Waals surface area (Å²) in [5.41, 5.74) is 4.89. The molecule has 1 aromatic carbocycles. The Balaban J connectivity index is 0.00000420. The van der Waals surface area contributed by atoms with Crippen LogP contribution < -0.4 is 15.4 Å². The lowest BCUT2D eigenvalue weighted by Gasteiger charge is -2.18. The SMILES string of the molecule is CN=C(NCCCCOc1ccc(C)cc1)NC(C)Cc1c(C)nn(C)c1C.I. The first-order valence-electron chi connectivity index (χ1n) is 10.1. The molecule has 0 amide bonds. The monoisotopic (exact) mass is 513 g/mol. The van der Waals surface area contributed by atoms with E-state index in [1.165, 1.54) is 16.8 Å². The lowest BCUT2D eigenvalue weighted by atomic mass is 10.1. The first kappa shape index (κ1) is 25.3. The average Bonchev–Trinajstić information content (AvgIpc) is 2.91. The molecule has 0 saturated heterocycles. The van der Waals surface area contributed by atoms with Crippen LogP contribution in [0.2, 0.25) is 0 Å². The van der Waals surface area contributed by atoms with Crippen LogP contribution in [0.25, 0.3) is 0 Å². The Hall–Kier alpha value is -1.77. The number of aromatic nitrogens is 2. The van der Waals surface area contributed by atoms with Gasteiger partial charge in [0.2, 0.25) is 0 Å². The van der Waals surface area contributed by atoms with E-state index in [0.717, 1.165) is 49.8 Å². The first-order valence-corrected chi connectivity index (χ1v) is 10.1. The minimum absolute atomic E-state index is 0. The van der Waals surface area contributed by atoms with Crippen LogP contribution in [0, 0.1) is 20.8 Å². The number of halogens is 1. The Morgan fingerprint density at radius 3 is 2.45 bits per heavy atom. The molecule has 2 N–H and O–H groups in total. The molecule has 1 heterocycles. The third kappa shape index (κ3) is 8.24. The van der Waals surface area contributed by atoms with Gasteiger partial charge in [-0.1, -0.05) is 17.7 Å². The highest BCUT2D eigenvalue weighted by Gasteiger charge is 2.13. The summed E-state index contributed by atoms with van der Waals surface area (Å²) in [6, 6.07) is 8.46. The number of benzene rings is 1. The number of nitrogens with zero attached hydrogens (tertiary/aromatic N) is 3. The van der Waals surface area contributed by atoms with Crippen molar-refractivity contribution in [2.45, 2.75) is 53.0 Å². The van der Waals surface area contributed by atoms with Crippen LogP contribution in [0.5, 0.6) is 5.75 Å². The molecule has 0 aliphatic carbocycles. The van der Waals surface area contributed by atoms with Crippen LogP contribution in [-0.2, 0) is 13.5 Å². The van der Waals surface area contributed by atoms with Gasteiger partial charge in [-0.25, -0.2) is 0 Å². The maximum absolute atomic E-state index is 5.77. The molecular formula is C22H36IN5O. The van der Waals surface area contributed by atoms with Crippen LogP contribution >= 0.6 is 24.0 Å². The molecule has 0 bridgehead atoms. The van der Waals surface area contributed by atoms with E-state index >= 15 is 0 Å². The van der Waals surface area contributed by atoms with Crippen molar-refractivity contribution in [1.82, 2.24) is 20.4 Å². The maximum Gasteiger partial charge on any atom is 0.191 e. The standard InChI is InChI=1S/C22H35N5O.HI/c1-16-9-11-20(12-10-16)28-14-8-7-13-24-22(23-5)25-17(2)15-21-18(3)26-27(6)19(21)4;/h9-12,17H,7-8,13-15H2,1-6H3,(H2,23,24,25);1H. The molecule has 0 spiro atoms. The Kier molecular flexibility index (Phi) is 11.1. The van der Waals surface area contributed by atoms with Gasteiger partial charge in [0.05, 0.1) is 12.3 Å². The van der Waals surface area contributed by atoms with E-state index < -0.39 is 0 Å². The van der Waals surface area contributed by atoms with E-state index in [2.05, 4.69) is 60.6 Å². The lowest BCUT2D eigenvalue weighted by Crippen LogP contribution is -2.43. The number of aryl methyl sites for hydroxylation is 3. The molecular weight excluding hydrogens is 477 g/mol. The zero-order chi connectivity index (χ0) is 20.5. The number of unbranched alkanes of at least 4 members (excludes halogenated alkanes) is 1. The van der Waals surface area contributed by atoms with Crippen molar-refractivity contribution in [2.24, 2.45) is 12.0 Å². The lowest BCUT2D eigenvalue weighted by molar-refractivity contribution is 0.307. The van der Waals surface area contributed by atoms with Gasteiger partial charge in [-0.2, -0.15) is 5.10 Å². The first-order chi connectivity index (χ1) is 13.4. The van der Waals surface area contributed by atoms with Crippen molar-refractivity contribution in [3.63, 3.8) is 0 Å². The molecule has 0 radical (unpaired) electrons. The van der Waals surface area contributed by atoms with Crippen LogP contribution in [0.15, 0.2) is 29.3 Å². The molecule has 0 fully saturated rings. The van der Waals surface area contributed by atoms with Crippen molar-refractivity contribution >= 4 is 29.9 Å². The molecule has 7 heteroatoms. The fourth-order valence-corrected chi connectivity index (χ4v) is 3.16. The predicted molar refractivity (Wildman–Crippen MR) is 132 cm³/mol. The van der Waals surface area contributed by atoms with E-state index in [1.54, 1.807) is 0 Å². The van der Waals surface area contributed by atoms with Crippen molar-refractivity contribution in [3.05, 3.63) is 46.8 Å². The maximum atomic E-state index is 5.77. The number of guanidine groups is 1. The van der Waals surface area contributed by atoms with Crippen LogP contribution in [0.1, 0.15) is 42.3 Å². The molecule has 2 rings (SSSR count). The number of hydrogen-bond donors (Lipinski definition) is 2. The highest BCUT2D eigenvalue weighted by atomic mass is 127. The smallest absolute Gasteiger partial charge is 0.191 e. The Morgan fingerprint density at radius 1 is 1.17 bits per heavy atom. The zero-order valence-electron chi connectivity index (χ0n) is 18.6. The zero-order valence-corrected chi connectivity index (χ0v) is 20.9. The normalized spacial score (nSPS) is 12.3. The molecule has 162 valence electrons. The van der Waals surface area contributed by atoms with E-state index in [9.17, 15) is 0 Å². The summed E-state index contributed by atoms with van der Waals surface area (Å²) in [7, 11) is 3.80. The van der Waals surface area contributed by atoms with Crippen LogP contribution in [-0.4, -0.2) is 42.0 Å². The summed E-state index contributed by atoms with van der Waals surface area (Å²) in [6.07, 6.45) is 2.96. The molecule has 1 aromatic heterocycles. The van der Waals surface area contributed by atoms with Crippen molar-refractivity contribution in [1.29, 1.82) is 0 Å². The number of rotatable bonds is 9. The summed E-state index contributed by atoms with van der Waals surface area (Å²) in [5.74, 6) is 1.77. The Bertz CT molecular complexity index is 770. The summed E-state index contributed by atoms with van der Waals surface area (Å²) in [4.78, 5) is 4.34. The largest absolute Gasteiger partial charge is 0.494 e. The number of aliphatic imine (C=N–C) groups is 1. The minimum atomic E-state index is 0. The Labute approximate surface area is 192 Å². The fraction of sp³-hybridized carbons (Fsp3) is 0.545. The summed E-state index contributed by atoms with van der Waals surface area (Å²) < 4.78 is 7.72. The second kappa shape index (κ2) is 12.7. The van der Waals surface area contributed by atoms with E-state index in [4.69, 9.17) is 4.74 Å². The number of ether oxygens (including phenoxy) is 1. The van der Waals surface area contributed by atoms with Gasteiger partial charge in [0.25, 0.3) is 0 Å². The average molecular weight is 513 g/mol. The molecule has 6 nitrogen and oxygen atoms in total. The molecule has 1 unspecified atom stereocenters. The second-order valence-electron chi connectivity index (χ2n) is 7.39. The molecule has 29 heavy (non-hydrogen) atoms. The number of hydrogen-bond acceptors (Lipinski definition) is 3. The minimum Gasteiger partial charge on any atom is -0.494 e. The van der Waals surface area contributed by atoms with Gasteiger partial charge < -0.3 is 15.4 Å². The number of nitrogens with one attached hydrogen (secondary N) is 2. The highest BCUT2D eigenvalue weighted by molar-refractivity contribution is 14.0. The molecule has 1 atom stereocenters. The van der Waals surface area contributed by atoms with Crippen LogP contribution in [0.3, 0.4) is 0 Å². The van der Waals surface area contributed by atoms with Gasteiger partial charge in [-0.3, -0.25) is 9.67 Å². The summed E-state index contributed by atoms with van der Waals surface area (Å²) in [5, 5.41) is 11.4. The molecule has 2 aromatic rings. The molecule has 0 aliphatic heterocycles. The summed E-state index contributed by atoms with van der Waals surface area (Å²) >= 11 is 0. The van der Waals surface area contributed by atoms with Gasteiger partial charge in [0.1, 0.15) is 5.75 Å². The third-order valence-corrected chi connectivity index (χ3v) is 4.93. The van der Waals surface area contributed by atoms with Crippen LogP contribution in [0.4, 0.5) is 0 Å². The fourth-order valence-electron chi connectivity index (χ4n) is 3.16. The quantitative estimate of drug-likeness (QED) is 0.231. The van der Waals surface area contributed by atoms with Gasteiger partial charge in [-0.15, -0.1) is 24.0 Å². The summed E-state index contributed by atoms with van der Waals surface area (Å²) in [6.45, 7) is 10.0. The predicted octanol–water partition coefficient (Wildman–Crippen LogP) is 3.92.